The van der Waals surface area contributed by atoms with Crippen molar-refractivity contribution in [2.24, 2.45) is 5.10 Å². The van der Waals surface area contributed by atoms with Gasteiger partial charge in [0.05, 0.1) is 23.1 Å². The molecule has 0 spiro atoms. The van der Waals surface area contributed by atoms with Gasteiger partial charge in [-0.1, -0.05) is 0 Å². The van der Waals surface area contributed by atoms with E-state index >= 15 is 0 Å². The third-order valence-electron chi connectivity index (χ3n) is 5.11. The SMILES string of the molecule is COc1ccc(-n2c(C)cc(C=NNC(=O)c3cc4cc([N+](=O)[O-])ccc4s3)c2C)cc1. The molecule has 4 rings (SSSR count). The molecule has 0 fully saturated rings. The fourth-order valence-corrected chi connectivity index (χ4v) is 4.45. The monoisotopic (exact) mass is 448 g/mol. The van der Waals surface area contributed by atoms with Crippen molar-refractivity contribution in [3.63, 3.8) is 0 Å². The normalized spacial score (nSPS) is 11.2. The summed E-state index contributed by atoms with van der Waals surface area (Å²) in [5, 5.41) is 15.7. The van der Waals surface area contributed by atoms with Crippen LogP contribution in [0.25, 0.3) is 15.8 Å². The molecule has 0 aliphatic carbocycles. The molecule has 9 heteroatoms. The van der Waals surface area contributed by atoms with Crippen LogP contribution < -0.4 is 10.2 Å². The zero-order valence-electron chi connectivity index (χ0n) is 17.7. The summed E-state index contributed by atoms with van der Waals surface area (Å²) >= 11 is 1.26. The standard InChI is InChI=1S/C23H20N4O4S/c1-14-10-17(15(2)26(14)18-4-7-20(31-3)8-5-18)13-24-25-23(28)22-12-16-11-19(27(29)30)6-9-21(16)32-22/h4-13H,1-3H3,(H,25,28). The van der Waals surface area contributed by atoms with Crippen molar-refractivity contribution in [1.82, 2.24) is 9.99 Å². The van der Waals surface area contributed by atoms with Gasteiger partial charge in [0.2, 0.25) is 0 Å². The van der Waals surface area contributed by atoms with Gasteiger partial charge in [-0.3, -0.25) is 14.9 Å². The number of nitro benzene ring substituents is 1. The summed E-state index contributed by atoms with van der Waals surface area (Å²) in [5.74, 6) is 0.422. The Morgan fingerprint density at radius 2 is 1.91 bits per heavy atom. The maximum absolute atomic E-state index is 12.5. The van der Waals surface area contributed by atoms with Crippen LogP contribution in [0.15, 0.2) is 59.7 Å². The van der Waals surface area contributed by atoms with Crippen molar-refractivity contribution in [3.05, 3.63) is 86.5 Å². The van der Waals surface area contributed by atoms with Crippen LogP contribution in [0.3, 0.4) is 0 Å². The van der Waals surface area contributed by atoms with Crippen molar-refractivity contribution in [2.45, 2.75) is 13.8 Å². The van der Waals surface area contributed by atoms with Gasteiger partial charge in [-0.2, -0.15) is 5.10 Å². The van der Waals surface area contributed by atoms with Crippen LogP contribution in [0.4, 0.5) is 5.69 Å². The van der Waals surface area contributed by atoms with Gasteiger partial charge in [0.1, 0.15) is 5.75 Å². The number of hydrogen-bond acceptors (Lipinski definition) is 6. The van der Waals surface area contributed by atoms with Crippen LogP contribution in [-0.4, -0.2) is 28.7 Å². The number of nitrogens with zero attached hydrogens (tertiary/aromatic N) is 3. The van der Waals surface area contributed by atoms with Crippen molar-refractivity contribution in [3.8, 4) is 11.4 Å². The lowest BCUT2D eigenvalue weighted by Gasteiger charge is -2.10. The molecular formula is C23H20N4O4S. The first-order valence-electron chi connectivity index (χ1n) is 9.72. The molecule has 8 nitrogen and oxygen atoms in total. The quantitative estimate of drug-likeness (QED) is 0.255. The summed E-state index contributed by atoms with van der Waals surface area (Å²) in [4.78, 5) is 23.4. The van der Waals surface area contributed by atoms with Gasteiger partial charge in [-0.15, -0.1) is 11.3 Å². The van der Waals surface area contributed by atoms with Crippen molar-refractivity contribution >= 4 is 39.2 Å². The number of aryl methyl sites for hydroxylation is 1. The number of rotatable bonds is 6. The highest BCUT2D eigenvalue weighted by molar-refractivity contribution is 7.20. The fraction of sp³-hybridized carbons (Fsp3) is 0.130. The molecule has 1 amide bonds. The second-order valence-electron chi connectivity index (χ2n) is 7.15. The van der Waals surface area contributed by atoms with Gasteiger partial charge in [-0.05, 0) is 56.3 Å². The van der Waals surface area contributed by atoms with Gasteiger partial charge in [0, 0.05) is 44.9 Å². The predicted molar refractivity (Wildman–Crippen MR) is 125 cm³/mol. The molecule has 4 aromatic rings. The number of hydrogen-bond donors (Lipinski definition) is 1. The minimum absolute atomic E-state index is 0.00695. The number of hydrazone groups is 1. The molecule has 0 aliphatic heterocycles. The van der Waals surface area contributed by atoms with Crippen LogP contribution in [0.5, 0.6) is 5.75 Å². The van der Waals surface area contributed by atoms with E-state index in [0.717, 1.165) is 33.1 Å². The Labute approximate surface area is 187 Å². The molecule has 32 heavy (non-hydrogen) atoms. The number of fused-ring (bicyclic) bond motifs is 1. The Hall–Kier alpha value is -3.98. The summed E-state index contributed by atoms with van der Waals surface area (Å²) in [6.45, 7) is 3.99. The predicted octanol–water partition coefficient (Wildman–Crippen LogP) is 4.99. The summed E-state index contributed by atoms with van der Waals surface area (Å²) in [5.41, 5.74) is 6.43. The summed E-state index contributed by atoms with van der Waals surface area (Å²) in [7, 11) is 1.63. The highest BCUT2D eigenvalue weighted by Crippen LogP contribution is 2.29. The smallest absolute Gasteiger partial charge is 0.281 e. The molecule has 0 unspecified atom stereocenters. The summed E-state index contributed by atoms with van der Waals surface area (Å²) in [6, 6.07) is 15.9. The average molecular weight is 449 g/mol. The molecule has 0 aliphatic rings. The van der Waals surface area contributed by atoms with Crippen LogP contribution in [0, 0.1) is 24.0 Å². The second-order valence-corrected chi connectivity index (χ2v) is 8.23. The molecule has 2 aromatic heterocycles. The van der Waals surface area contributed by atoms with E-state index in [-0.39, 0.29) is 11.6 Å². The lowest BCUT2D eigenvalue weighted by Crippen LogP contribution is -2.16. The number of nitro groups is 1. The van der Waals surface area contributed by atoms with Gasteiger partial charge < -0.3 is 9.30 Å². The Kier molecular flexibility index (Phi) is 5.74. The number of thiophene rings is 1. The van der Waals surface area contributed by atoms with E-state index in [9.17, 15) is 14.9 Å². The van der Waals surface area contributed by atoms with Crippen LogP contribution >= 0.6 is 11.3 Å². The minimum Gasteiger partial charge on any atom is -0.497 e. The largest absolute Gasteiger partial charge is 0.497 e. The number of amides is 1. The van der Waals surface area contributed by atoms with E-state index in [0.29, 0.717) is 10.3 Å². The van der Waals surface area contributed by atoms with Gasteiger partial charge in [0.25, 0.3) is 11.6 Å². The number of methoxy groups -OCH3 is 1. The Bertz CT molecular complexity index is 1350. The van der Waals surface area contributed by atoms with E-state index in [4.69, 9.17) is 4.74 Å². The fourth-order valence-electron chi connectivity index (χ4n) is 3.52. The molecular weight excluding hydrogens is 428 g/mol. The van der Waals surface area contributed by atoms with Crippen molar-refractivity contribution in [1.29, 1.82) is 0 Å². The molecule has 1 N–H and O–H groups in total. The molecule has 2 aromatic carbocycles. The zero-order chi connectivity index (χ0) is 22.8. The van der Waals surface area contributed by atoms with Gasteiger partial charge >= 0.3 is 0 Å². The molecule has 0 saturated heterocycles. The minimum atomic E-state index is -0.455. The summed E-state index contributed by atoms with van der Waals surface area (Å²) < 4.78 is 8.12. The first kappa shape index (κ1) is 21.3. The molecule has 0 saturated carbocycles. The molecule has 162 valence electrons. The van der Waals surface area contributed by atoms with E-state index < -0.39 is 4.92 Å². The Morgan fingerprint density at radius 1 is 1.16 bits per heavy atom. The second kappa shape index (κ2) is 8.64. The zero-order valence-corrected chi connectivity index (χ0v) is 18.5. The number of non-ortho nitro benzene ring substituents is 1. The number of nitrogens with one attached hydrogen (secondary N) is 1. The topological polar surface area (TPSA) is 98.8 Å². The first-order chi connectivity index (χ1) is 15.4. The van der Waals surface area contributed by atoms with Gasteiger partial charge in [0.15, 0.2) is 0 Å². The van der Waals surface area contributed by atoms with Crippen LogP contribution in [-0.2, 0) is 0 Å². The van der Waals surface area contributed by atoms with Crippen LogP contribution in [0.1, 0.15) is 26.6 Å². The third-order valence-corrected chi connectivity index (χ3v) is 6.22. The van der Waals surface area contributed by atoms with Gasteiger partial charge in [-0.25, -0.2) is 5.43 Å². The van der Waals surface area contributed by atoms with Crippen molar-refractivity contribution < 1.29 is 14.5 Å². The van der Waals surface area contributed by atoms with E-state index in [1.54, 1.807) is 25.5 Å². The molecule has 2 heterocycles. The number of benzene rings is 2. The highest BCUT2D eigenvalue weighted by Gasteiger charge is 2.13. The Balaban J connectivity index is 1.51. The number of aromatic nitrogens is 1. The number of ether oxygens (including phenoxy) is 1. The lowest BCUT2D eigenvalue weighted by molar-refractivity contribution is -0.384. The molecule has 0 radical (unpaired) electrons. The number of carbonyl (C=O) groups excluding carboxylic acids is 1. The number of carbonyl (C=O) groups is 1. The molecule has 0 atom stereocenters. The Morgan fingerprint density at radius 3 is 2.59 bits per heavy atom. The maximum Gasteiger partial charge on any atom is 0.281 e. The first-order valence-corrected chi connectivity index (χ1v) is 10.5. The molecule has 0 bridgehead atoms. The maximum atomic E-state index is 12.5. The highest BCUT2D eigenvalue weighted by atomic mass is 32.1. The average Bonchev–Trinajstić information content (AvgIpc) is 3.33. The summed E-state index contributed by atoms with van der Waals surface area (Å²) in [6.07, 6.45) is 1.61. The van der Waals surface area contributed by atoms with Crippen molar-refractivity contribution in [2.75, 3.05) is 7.11 Å². The van der Waals surface area contributed by atoms with E-state index in [2.05, 4.69) is 15.1 Å². The van der Waals surface area contributed by atoms with Crippen LogP contribution in [0.2, 0.25) is 0 Å². The lowest BCUT2D eigenvalue weighted by atomic mass is 10.2. The van der Waals surface area contributed by atoms with E-state index in [1.807, 2.05) is 44.2 Å². The third kappa shape index (κ3) is 4.10. The van der Waals surface area contributed by atoms with E-state index in [1.165, 1.54) is 23.5 Å².